The van der Waals surface area contributed by atoms with Crippen molar-refractivity contribution in [3.63, 3.8) is 0 Å². The summed E-state index contributed by atoms with van der Waals surface area (Å²) in [7, 11) is 1.19. The van der Waals surface area contributed by atoms with E-state index in [0.29, 0.717) is 20.3 Å². The number of amides is 2. The Bertz CT molecular complexity index is 1000. The zero-order chi connectivity index (χ0) is 22.7. The van der Waals surface area contributed by atoms with E-state index in [0.717, 1.165) is 0 Å². The van der Waals surface area contributed by atoms with Crippen molar-refractivity contribution < 1.29 is 29.0 Å². The largest absolute Gasteiger partial charge is 0.481 e. The molecule has 0 spiro atoms. The highest BCUT2D eigenvalue weighted by atomic mass is 79.9. The van der Waals surface area contributed by atoms with Gasteiger partial charge in [-0.2, -0.15) is 0 Å². The average Bonchev–Trinajstić information content (AvgIpc) is 3.34. The smallest absolute Gasteiger partial charge is 0.309 e. The average molecular weight is 560 g/mol. The number of halogens is 2. The first-order chi connectivity index (χ1) is 14.7. The van der Waals surface area contributed by atoms with Crippen molar-refractivity contribution in [1.29, 1.82) is 0 Å². The van der Waals surface area contributed by atoms with Crippen molar-refractivity contribution in [3.8, 4) is 0 Å². The third kappa shape index (κ3) is 5.01. The van der Waals surface area contributed by atoms with E-state index >= 15 is 0 Å². The fourth-order valence-electron chi connectivity index (χ4n) is 3.88. The molecule has 0 aromatic carbocycles. The second-order valence-corrected chi connectivity index (χ2v) is 8.96. The molecule has 1 aliphatic carbocycles. The lowest BCUT2D eigenvalue weighted by Crippen LogP contribution is -2.60. The van der Waals surface area contributed by atoms with Gasteiger partial charge in [-0.3, -0.25) is 19.2 Å². The van der Waals surface area contributed by atoms with Gasteiger partial charge < -0.3 is 30.4 Å². The van der Waals surface area contributed by atoms with Crippen LogP contribution in [0.1, 0.15) is 21.0 Å². The lowest BCUT2D eigenvalue weighted by Gasteiger charge is -2.48. The van der Waals surface area contributed by atoms with Crippen molar-refractivity contribution in [3.05, 3.63) is 44.9 Å². The summed E-state index contributed by atoms with van der Waals surface area (Å²) in [5.74, 6) is -5.68. The van der Waals surface area contributed by atoms with Crippen molar-refractivity contribution in [2.24, 2.45) is 23.7 Å². The molecule has 0 radical (unpaired) electrons. The molecule has 4 unspecified atom stereocenters. The van der Waals surface area contributed by atoms with E-state index in [-0.39, 0.29) is 13.1 Å². The molecule has 5 N–H and O–H groups in total. The number of aromatic amines is 2. The lowest BCUT2D eigenvalue weighted by atomic mass is 9.56. The number of hydrogen-bond acceptors (Lipinski definition) is 5. The van der Waals surface area contributed by atoms with Crippen LogP contribution in [-0.4, -0.2) is 59.0 Å². The number of esters is 1. The third-order valence-corrected chi connectivity index (χ3v) is 6.32. The van der Waals surface area contributed by atoms with E-state index in [9.17, 15) is 24.3 Å². The van der Waals surface area contributed by atoms with Crippen molar-refractivity contribution in [2.45, 2.75) is 0 Å². The minimum atomic E-state index is -1.16. The summed E-state index contributed by atoms with van der Waals surface area (Å²) in [5, 5.41) is 15.1. The Morgan fingerprint density at radius 2 is 1.39 bits per heavy atom. The summed E-state index contributed by atoms with van der Waals surface area (Å²) in [6.07, 6.45) is 3.20. The van der Waals surface area contributed by atoms with Crippen molar-refractivity contribution in [1.82, 2.24) is 20.6 Å². The molecule has 3 rings (SSSR count). The molecule has 31 heavy (non-hydrogen) atoms. The Kier molecular flexibility index (Phi) is 7.21. The molecule has 4 atom stereocenters. The summed E-state index contributed by atoms with van der Waals surface area (Å²) < 4.78 is 6.19. The Hall–Kier alpha value is -2.60. The zero-order valence-corrected chi connectivity index (χ0v) is 19.4. The summed E-state index contributed by atoms with van der Waals surface area (Å²) >= 11 is 6.49. The topological polar surface area (TPSA) is 153 Å². The molecule has 1 fully saturated rings. The van der Waals surface area contributed by atoms with Gasteiger partial charge in [0.2, 0.25) is 0 Å². The molecule has 166 valence electrons. The van der Waals surface area contributed by atoms with Crippen molar-refractivity contribution >= 4 is 55.6 Å². The summed E-state index contributed by atoms with van der Waals surface area (Å²) in [6, 6.07) is 3.19. The number of H-pyrrole nitrogens is 2. The monoisotopic (exact) mass is 558 g/mol. The van der Waals surface area contributed by atoms with Gasteiger partial charge >= 0.3 is 11.9 Å². The number of ether oxygens (including phenoxy) is 1. The van der Waals surface area contributed by atoms with Crippen molar-refractivity contribution in [2.75, 3.05) is 20.2 Å². The predicted octanol–water partition coefficient (Wildman–Crippen LogP) is 1.76. The van der Waals surface area contributed by atoms with Gasteiger partial charge in [0.25, 0.3) is 11.8 Å². The number of rotatable bonds is 8. The first kappa shape index (κ1) is 23.1. The van der Waals surface area contributed by atoms with Gasteiger partial charge in [-0.05, 0) is 55.8 Å². The van der Waals surface area contributed by atoms with E-state index in [4.69, 9.17) is 4.74 Å². The standard InChI is InChI=1S/C19H20Br2N4O6/c1-31-19(30)15-11(7-25-17(27)13-3-9(21)5-23-13)10(14(15)18(28)29)6-24-16(26)12-2-8(20)4-22-12/h2-5,10-11,14-15,22-23H,6-7H2,1H3,(H,24,26)(H,25,27)(H,28,29). The number of aromatic nitrogens is 2. The van der Waals surface area contributed by atoms with Crippen LogP contribution in [0.4, 0.5) is 0 Å². The Balaban J connectivity index is 1.71. The first-order valence-electron chi connectivity index (χ1n) is 9.27. The second kappa shape index (κ2) is 9.69. The molecule has 2 heterocycles. The van der Waals surface area contributed by atoms with Crippen LogP contribution in [0.25, 0.3) is 0 Å². The molecule has 10 nitrogen and oxygen atoms in total. The number of carboxylic acid groups (broad SMARTS) is 1. The second-order valence-electron chi connectivity index (χ2n) is 7.12. The number of hydrogen-bond donors (Lipinski definition) is 5. The Morgan fingerprint density at radius 1 is 0.935 bits per heavy atom. The van der Waals surface area contributed by atoms with Crippen LogP contribution in [0.2, 0.25) is 0 Å². The predicted molar refractivity (Wildman–Crippen MR) is 115 cm³/mol. The molecule has 0 bridgehead atoms. The van der Waals surface area contributed by atoms with Gasteiger partial charge in [0.15, 0.2) is 0 Å². The first-order valence-corrected chi connectivity index (χ1v) is 10.9. The quantitative estimate of drug-likeness (QED) is 0.311. The highest BCUT2D eigenvalue weighted by Crippen LogP contribution is 2.46. The Morgan fingerprint density at radius 3 is 1.74 bits per heavy atom. The number of carbonyl (C=O) groups is 4. The molecule has 2 amide bonds. The summed E-state index contributed by atoms with van der Waals surface area (Å²) in [4.78, 5) is 54.3. The third-order valence-electron chi connectivity index (χ3n) is 5.40. The van der Waals surface area contributed by atoms with E-state index in [2.05, 4.69) is 52.5 Å². The van der Waals surface area contributed by atoms with Gasteiger partial charge in [0.1, 0.15) is 11.4 Å². The van der Waals surface area contributed by atoms with Crippen LogP contribution in [0.5, 0.6) is 0 Å². The van der Waals surface area contributed by atoms with Crippen LogP contribution in [0.15, 0.2) is 33.5 Å². The highest BCUT2D eigenvalue weighted by molar-refractivity contribution is 9.10. The van der Waals surface area contributed by atoms with Crippen LogP contribution in [-0.2, 0) is 14.3 Å². The molecular weight excluding hydrogens is 540 g/mol. The molecule has 1 saturated carbocycles. The van der Waals surface area contributed by atoms with E-state index in [1.165, 1.54) is 7.11 Å². The zero-order valence-electron chi connectivity index (χ0n) is 16.3. The molecule has 0 aliphatic heterocycles. The van der Waals surface area contributed by atoms with Gasteiger partial charge in [0, 0.05) is 34.4 Å². The molecule has 2 aromatic heterocycles. The normalized spacial score (nSPS) is 22.3. The van der Waals surface area contributed by atoms with E-state index in [1.54, 1.807) is 24.5 Å². The molecule has 12 heteroatoms. The molecular formula is C19H20Br2N4O6. The highest BCUT2D eigenvalue weighted by Gasteiger charge is 2.57. The van der Waals surface area contributed by atoms with E-state index in [1.807, 2.05) is 0 Å². The fourth-order valence-corrected chi connectivity index (χ4v) is 4.57. The fraction of sp³-hybridized carbons (Fsp3) is 0.368. The molecule has 2 aromatic rings. The van der Waals surface area contributed by atoms with Crippen LogP contribution < -0.4 is 10.6 Å². The van der Waals surface area contributed by atoms with Crippen LogP contribution in [0.3, 0.4) is 0 Å². The number of carbonyl (C=O) groups excluding carboxylic acids is 3. The van der Waals surface area contributed by atoms with Gasteiger partial charge in [-0.1, -0.05) is 0 Å². The summed E-state index contributed by atoms with van der Waals surface area (Å²) in [6.45, 7) is 0.0716. The number of aliphatic carboxylic acids is 1. The minimum absolute atomic E-state index is 0.0223. The van der Waals surface area contributed by atoms with Crippen LogP contribution in [0, 0.1) is 23.7 Å². The number of nitrogens with one attached hydrogen (secondary N) is 4. The maximum Gasteiger partial charge on any atom is 0.309 e. The maximum atomic E-state index is 12.4. The minimum Gasteiger partial charge on any atom is -0.481 e. The SMILES string of the molecule is COC(=O)C1C(CNC(=O)c2cc(Br)c[nH]2)C(CNC(=O)c2cc(Br)c[nH]2)C1C(=O)O. The summed E-state index contributed by atoms with van der Waals surface area (Å²) in [5.41, 5.74) is 0.627. The number of methoxy groups -OCH3 is 1. The molecule has 1 aliphatic rings. The van der Waals surface area contributed by atoms with Gasteiger partial charge in [-0.25, -0.2) is 0 Å². The lowest BCUT2D eigenvalue weighted by molar-refractivity contribution is -0.176. The number of carboxylic acids is 1. The van der Waals surface area contributed by atoms with Gasteiger partial charge in [0.05, 0.1) is 18.9 Å². The maximum absolute atomic E-state index is 12.4. The molecule has 0 saturated heterocycles. The Labute approximate surface area is 193 Å². The van der Waals surface area contributed by atoms with Crippen LogP contribution >= 0.6 is 31.9 Å². The van der Waals surface area contributed by atoms with E-state index < -0.39 is 47.4 Å². The van der Waals surface area contributed by atoms with Gasteiger partial charge in [-0.15, -0.1) is 0 Å².